The number of hydrogen-bond acceptors (Lipinski definition) is 7. The minimum atomic E-state index is -0.724. The van der Waals surface area contributed by atoms with Crippen LogP contribution >= 0.6 is 0 Å². The van der Waals surface area contributed by atoms with Crippen LogP contribution in [0.2, 0.25) is 0 Å². The maximum absolute atomic E-state index is 13.4. The molecule has 0 spiro atoms. The molecule has 128 valence electrons. The number of rotatable bonds is 5. The predicted octanol–water partition coefficient (Wildman–Crippen LogP) is 3.03. The van der Waals surface area contributed by atoms with Gasteiger partial charge in [0.2, 0.25) is 17.8 Å². The molecule has 0 atom stereocenters. The molecule has 8 heteroatoms. The van der Waals surface area contributed by atoms with Crippen molar-refractivity contribution in [3.63, 3.8) is 0 Å². The van der Waals surface area contributed by atoms with E-state index in [4.69, 9.17) is 5.73 Å². The maximum Gasteiger partial charge on any atom is 0.233 e. The highest BCUT2D eigenvalue weighted by Gasteiger charge is 2.14. The van der Waals surface area contributed by atoms with Crippen LogP contribution in [0.4, 0.5) is 27.9 Å². The Balaban J connectivity index is 1.67. The highest BCUT2D eigenvalue weighted by atomic mass is 19.1. The van der Waals surface area contributed by atoms with Gasteiger partial charge in [0.1, 0.15) is 0 Å². The minimum absolute atomic E-state index is 0.0814. The fourth-order valence-electron chi connectivity index (χ4n) is 2.87. The summed E-state index contributed by atoms with van der Waals surface area (Å²) < 4.78 is 13.4. The number of nitrogen functional groups attached to an aromatic ring is 1. The summed E-state index contributed by atoms with van der Waals surface area (Å²) in [6.45, 7) is 0.802. The lowest BCUT2D eigenvalue weighted by Crippen LogP contribution is -2.19. The number of aromatic hydroxyl groups is 1. The summed E-state index contributed by atoms with van der Waals surface area (Å²) in [5, 5.41) is 15.3. The van der Waals surface area contributed by atoms with Gasteiger partial charge in [-0.2, -0.15) is 15.0 Å². The van der Waals surface area contributed by atoms with E-state index in [2.05, 4.69) is 25.6 Å². The summed E-state index contributed by atoms with van der Waals surface area (Å²) in [6, 6.07) is 3.93. The number of hydrogen-bond donors (Lipinski definition) is 4. The maximum atomic E-state index is 13.4. The van der Waals surface area contributed by atoms with Crippen molar-refractivity contribution in [2.45, 2.75) is 32.1 Å². The molecule has 3 rings (SSSR count). The standard InChI is InChI=1S/C16H21FN6O/c17-12-8-11(6-7-13(12)24)20-16-22-14(18)21-15(23-16)19-9-10-4-2-1-3-5-10/h6-8,10,24H,1-5,9H2,(H4,18,19,20,21,22,23). The summed E-state index contributed by atoms with van der Waals surface area (Å²) in [7, 11) is 0. The lowest BCUT2D eigenvalue weighted by atomic mass is 9.89. The van der Waals surface area contributed by atoms with Gasteiger partial charge in [0.05, 0.1) is 0 Å². The Morgan fingerprint density at radius 1 is 1.12 bits per heavy atom. The first kappa shape index (κ1) is 16.2. The van der Waals surface area contributed by atoms with Gasteiger partial charge in [-0.3, -0.25) is 0 Å². The fraction of sp³-hybridized carbons (Fsp3) is 0.438. The van der Waals surface area contributed by atoms with Gasteiger partial charge in [-0.1, -0.05) is 19.3 Å². The minimum Gasteiger partial charge on any atom is -0.505 e. The molecule has 1 aromatic heterocycles. The smallest absolute Gasteiger partial charge is 0.233 e. The number of phenols is 1. The summed E-state index contributed by atoms with van der Waals surface area (Å²) in [5.74, 6) is 0.189. The van der Waals surface area contributed by atoms with Crippen LogP contribution in [0.1, 0.15) is 32.1 Å². The molecule has 5 N–H and O–H groups in total. The first-order valence-electron chi connectivity index (χ1n) is 8.11. The topological polar surface area (TPSA) is 109 Å². The first-order chi connectivity index (χ1) is 11.6. The summed E-state index contributed by atoms with van der Waals surface area (Å²) in [6.07, 6.45) is 6.28. The number of nitrogens with one attached hydrogen (secondary N) is 2. The van der Waals surface area contributed by atoms with Crippen LogP contribution in [0.5, 0.6) is 5.75 Å². The Bertz CT molecular complexity index is 705. The zero-order valence-electron chi connectivity index (χ0n) is 13.3. The second kappa shape index (κ2) is 7.29. The Morgan fingerprint density at radius 2 is 1.88 bits per heavy atom. The number of benzene rings is 1. The van der Waals surface area contributed by atoms with Crippen molar-refractivity contribution < 1.29 is 9.50 Å². The van der Waals surface area contributed by atoms with Crippen molar-refractivity contribution >= 4 is 23.5 Å². The lowest BCUT2D eigenvalue weighted by Gasteiger charge is -2.21. The van der Waals surface area contributed by atoms with Crippen molar-refractivity contribution in [3.8, 4) is 5.75 Å². The zero-order chi connectivity index (χ0) is 16.9. The first-order valence-corrected chi connectivity index (χ1v) is 8.11. The van der Waals surface area contributed by atoms with Gasteiger partial charge >= 0.3 is 0 Å². The van der Waals surface area contributed by atoms with Gasteiger partial charge in [-0.05, 0) is 30.9 Å². The third kappa shape index (κ3) is 4.21. The van der Waals surface area contributed by atoms with Crippen LogP contribution in [0.25, 0.3) is 0 Å². The molecule has 0 bridgehead atoms. The molecule has 0 amide bonds. The van der Waals surface area contributed by atoms with Crippen LogP contribution in [-0.2, 0) is 0 Å². The molecule has 1 aromatic carbocycles. The molecule has 1 aliphatic rings. The van der Waals surface area contributed by atoms with Crippen LogP contribution in [0.15, 0.2) is 18.2 Å². The van der Waals surface area contributed by atoms with E-state index in [1.807, 2.05) is 0 Å². The molecule has 2 aromatic rings. The van der Waals surface area contributed by atoms with Crippen molar-refractivity contribution in [2.75, 3.05) is 22.9 Å². The van der Waals surface area contributed by atoms with E-state index in [0.29, 0.717) is 17.6 Å². The Labute approximate surface area is 139 Å². The summed E-state index contributed by atoms with van der Waals surface area (Å²) in [5.41, 5.74) is 6.13. The highest BCUT2D eigenvalue weighted by Crippen LogP contribution is 2.24. The molecule has 7 nitrogen and oxygen atoms in total. The Kier molecular flexibility index (Phi) is 4.93. The van der Waals surface area contributed by atoms with Gasteiger partial charge in [-0.15, -0.1) is 0 Å². The van der Waals surface area contributed by atoms with E-state index in [1.54, 1.807) is 0 Å². The molecule has 1 saturated carbocycles. The molecular formula is C16H21FN6O. The van der Waals surface area contributed by atoms with Gasteiger partial charge < -0.3 is 21.5 Å². The van der Waals surface area contributed by atoms with Crippen LogP contribution in [0, 0.1) is 11.7 Å². The van der Waals surface area contributed by atoms with E-state index in [-0.39, 0.29) is 11.9 Å². The SMILES string of the molecule is Nc1nc(NCC2CCCCC2)nc(Nc2ccc(O)c(F)c2)n1. The van der Waals surface area contributed by atoms with Crippen molar-refractivity contribution in [1.82, 2.24) is 15.0 Å². The Hall–Kier alpha value is -2.64. The quantitative estimate of drug-likeness (QED) is 0.623. The summed E-state index contributed by atoms with van der Waals surface area (Å²) >= 11 is 0. The van der Waals surface area contributed by atoms with Gasteiger partial charge in [0.25, 0.3) is 0 Å². The average molecular weight is 332 g/mol. The second-order valence-electron chi connectivity index (χ2n) is 6.02. The third-order valence-corrected chi connectivity index (χ3v) is 4.13. The average Bonchev–Trinajstić information content (AvgIpc) is 2.57. The highest BCUT2D eigenvalue weighted by molar-refractivity contribution is 5.56. The van der Waals surface area contributed by atoms with Gasteiger partial charge in [-0.25, -0.2) is 4.39 Å². The van der Waals surface area contributed by atoms with Crippen molar-refractivity contribution in [2.24, 2.45) is 5.92 Å². The molecule has 0 unspecified atom stereocenters. The van der Waals surface area contributed by atoms with Gasteiger partial charge in [0.15, 0.2) is 11.6 Å². The molecule has 1 aliphatic carbocycles. The second-order valence-corrected chi connectivity index (χ2v) is 6.02. The van der Waals surface area contributed by atoms with Crippen molar-refractivity contribution in [1.29, 1.82) is 0 Å². The van der Waals surface area contributed by atoms with E-state index in [9.17, 15) is 9.50 Å². The van der Waals surface area contributed by atoms with Crippen LogP contribution in [0.3, 0.4) is 0 Å². The van der Waals surface area contributed by atoms with E-state index in [0.717, 1.165) is 12.6 Å². The normalized spacial score (nSPS) is 15.2. The van der Waals surface area contributed by atoms with Crippen molar-refractivity contribution in [3.05, 3.63) is 24.0 Å². The third-order valence-electron chi connectivity index (χ3n) is 4.13. The number of aromatic nitrogens is 3. The molecular weight excluding hydrogens is 311 g/mol. The Morgan fingerprint density at radius 3 is 2.62 bits per heavy atom. The lowest BCUT2D eigenvalue weighted by molar-refractivity contribution is 0.373. The predicted molar refractivity (Wildman–Crippen MR) is 90.7 cm³/mol. The van der Waals surface area contributed by atoms with E-state index < -0.39 is 11.6 Å². The molecule has 0 aliphatic heterocycles. The number of phenolic OH excluding ortho intramolecular Hbond substituents is 1. The largest absolute Gasteiger partial charge is 0.505 e. The monoisotopic (exact) mass is 332 g/mol. The van der Waals surface area contributed by atoms with Crippen LogP contribution < -0.4 is 16.4 Å². The molecule has 1 fully saturated rings. The number of nitrogens with two attached hydrogens (primary N) is 1. The summed E-state index contributed by atoms with van der Waals surface area (Å²) in [4.78, 5) is 12.3. The zero-order valence-corrected chi connectivity index (χ0v) is 13.3. The van der Waals surface area contributed by atoms with Gasteiger partial charge in [0, 0.05) is 18.3 Å². The molecule has 1 heterocycles. The van der Waals surface area contributed by atoms with E-state index in [1.165, 1.54) is 44.2 Å². The molecule has 0 saturated heterocycles. The molecule has 0 radical (unpaired) electrons. The number of halogens is 1. The number of anilines is 4. The molecule has 24 heavy (non-hydrogen) atoms. The van der Waals surface area contributed by atoms with Crippen LogP contribution in [-0.4, -0.2) is 26.6 Å². The number of nitrogens with zero attached hydrogens (tertiary/aromatic N) is 3. The van der Waals surface area contributed by atoms with E-state index >= 15 is 0 Å². The fourth-order valence-corrected chi connectivity index (χ4v) is 2.87.